The predicted octanol–water partition coefficient (Wildman–Crippen LogP) is 11.7. The van der Waals surface area contributed by atoms with Gasteiger partial charge in [-0.05, 0) is 167 Å². The van der Waals surface area contributed by atoms with Gasteiger partial charge in [-0.1, -0.05) is 45.7 Å². The van der Waals surface area contributed by atoms with Crippen LogP contribution in [0.25, 0.3) is 0 Å². The van der Waals surface area contributed by atoms with Crippen LogP contribution in [0.5, 0.6) is 23.0 Å². The Morgan fingerprint density at radius 3 is 1.19 bits per heavy atom. The van der Waals surface area contributed by atoms with Crippen LogP contribution < -0.4 is 18.9 Å². The molecule has 2 atom stereocenters. The molecule has 6 nitrogen and oxygen atoms in total. The summed E-state index contributed by atoms with van der Waals surface area (Å²) in [6.45, 7) is 4.50. The van der Waals surface area contributed by atoms with Gasteiger partial charge in [0.1, 0.15) is 61.6 Å². The zero-order valence-electron chi connectivity index (χ0n) is 24.8. The molecule has 0 saturated heterocycles. The van der Waals surface area contributed by atoms with E-state index in [1.54, 1.807) is 0 Å². The monoisotopic (exact) mass is 1150 g/mol. The lowest BCUT2D eigenvalue weighted by molar-refractivity contribution is 0.0623. The number of ether oxygens (including phenoxy) is 4. The Bertz CT molecular complexity index is 1590. The molecule has 0 radical (unpaired) electrons. The van der Waals surface area contributed by atoms with Crippen molar-refractivity contribution in [2.75, 3.05) is 26.4 Å². The third kappa shape index (κ3) is 10.9. The van der Waals surface area contributed by atoms with E-state index in [2.05, 4.69) is 141 Å². The van der Waals surface area contributed by atoms with Crippen molar-refractivity contribution in [1.29, 1.82) is 0 Å². The van der Waals surface area contributed by atoms with Crippen LogP contribution in [0.3, 0.4) is 0 Å². The summed E-state index contributed by atoms with van der Waals surface area (Å²) < 4.78 is 30.1. The van der Waals surface area contributed by atoms with Gasteiger partial charge in [-0.3, -0.25) is 0 Å². The molecular weight excluding hydrogens is 1130 g/mol. The summed E-state index contributed by atoms with van der Waals surface area (Å²) in [6, 6.07) is 18.8. The zero-order chi connectivity index (χ0) is 34.5. The Hall–Kier alpha value is -0.160. The quantitative estimate of drug-likeness (QED) is 0.131. The van der Waals surface area contributed by atoms with E-state index >= 15 is 0 Å². The minimum absolute atomic E-state index is 0.0499. The molecule has 0 saturated carbocycles. The van der Waals surface area contributed by atoms with E-state index in [0.717, 1.165) is 46.9 Å². The van der Waals surface area contributed by atoms with Gasteiger partial charge in [0.25, 0.3) is 0 Å². The lowest BCUT2D eigenvalue weighted by atomic mass is 9.78. The first-order valence-corrected chi connectivity index (χ1v) is 20.3. The average molecular weight is 1160 g/mol. The molecule has 0 spiro atoms. The van der Waals surface area contributed by atoms with Crippen LogP contribution in [0.1, 0.15) is 25.0 Å². The first kappa shape index (κ1) is 39.6. The fourth-order valence-electron chi connectivity index (χ4n) is 4.37. The molecule has 14 heteroatoms. The van der Waals surface area contributed by atoms with Crippen molar-refractivity contribution in [2.45, 2.75) is 31.5 Å². The van der Waals surface area contributed by atoms with Crippen molar-refractivity contribution in [3.63, 3.8) is 0 Å². The highest BCUT2D eigenvalue weighted by atomic mass is 79.9. The first-order valence-electron chi connectivity index (χ1n) is 13.9. The lowest BCUT2D eigenvalue weighted by Gasteiger charge is -2.30. The zero-order valence-corrected chi connectivity index (χ0v) is 37.5. The second kappa shape index (κ2) is 17.9. The number of benzene rings is 4. The number of hydrogen-bond acceptors (Lipinski definition) is 6. The molecule has 0 aliphatic heterocycles. The van der Waals surface area contributed by atoms with Crippen LogP contribution >= 0.6 is 127 Å². The molecule has 4 aromatic carbocycles. The Morgan fingerprint density at radius 2 is 0.830 bits per heavy atom. The van der Waals surface area contributed by atoms with Crippen LogP contribution in [0.15, 0.2) is 96.4 Å². The van der Waals surface area contributed by atoms with Gasteiger partial charge in [-0.2, -0.15) is 0 Å². The molecule has 0 aliphatic carbocycles. The van der Waals surface area contributed by atoms with Gasteiger partial charge in [-0.25, -0.2) is 0 Å². The highest BCUT2D eigenvalue weighted by Crippen LogP contribution is 2.45. The molecule has 47 heavy (non-hydrogen) atoms. The van der Waals surface area contributed by atoms with E-state index in [9.17, 15) is 10.2 Å². The molecule has 0 bridgehead atoms. The second-order valence-electron chi connectivity index (χ2n) is 10.9. The molecule has 0 heterocycles. The Balaban J connectivity index is 1.37. The fourth-order valence-corrected chi connectivity index (χ4v) is 8.13. The molecule has 0 aromatic heterocycles. The normalized spacial score (nSPS) is 12.9. The fraction of sp³-hybridized carbons (Fsp3) is 0.273. The summed E-state index contributed by atoms with van der Waals surface area (Å²) >= 11 is 28.6. The molecule has 2 unspecified atom stereocenters. The van der Waals surface area contributed by atoms with E-state index in [0.29, 0.717) is 23.0 Å². The van der Waals surface area contributed by atoms with Crippen molar-refractivity contribution in [2.24, 2.45) is 0 Å². The second-order valence-corrected chi connectivity index (χ2v) is 17.7. The smallest absolute Gasteiger partial charge is 0.134 e. The average Bonchev–Trinajstić information content (AvgIpc) is 3.02. The predicted molar refractivity (Wildman–Crippen MR) is 213 cm³/mol. The number of halogens is 8. The van der Waals surface area contributed by atoms with Gasteiger partial charge in [0.2, 0.25) is 0 Å². The molecular formula is C33H28Br8O6. The Labute approximate surface area is 341 Å². The number of aliphatic hydroxyl groups is 2. The van der Waals surface area contributed by atoms with Crippen molar-refractivity contribution >= 4 is 127 Å². The minimum Gasteiger partial charge on any atom is -0.491 e. The maximum atomic E-state index is 10.5. The van der Waals surface area contributed by atoms with Gasteiger partial charge in [-0.15, -0.1) is 0 Å². The van der Waals surface area contributed by atoms with E-state index in [1.165, 1.54) is 0 Å². The van der Waals surface area contributed by atoms with Gasteiger partial charge in [0, 0.05) is 32.3 Å². The van der Waals surface area contributed by atoms with Crippen molar-refractivity contribution in [1.82, 2.24) is 0 Å². The molecule has 252 valence electrons. The van der Waals surface area contributed by atoms with Crippen LogP contribution in [0.2, 0.25) is 0 Å². The molecule has 0 amide bonds. The molecule has 0 aliphatic rings. The summed E-state index contributed by atoms with van der Waals surface area (Å²) in [4.78, 5) is 0. The molecule has 0 fully saturated rings. The van der Waals surface area contributed by atoms with Crippen molar-refractivity contribution in [3.05, 3.63) is 108 Å². The summed E-state index contributed by atoms with van der Waals surface area (Å²) in [5, 5.41) is 21.0. The number of rotatable bonds is 14. The Morgan fingerprint density at radius 1 is 0.468 bits per heavy atom. The molecule has 2 N–H and O–H groups in total. The largest absolute Gasteiger partial charge is 0.491 e. The number of aliphatic hydroxyl groups excluding tert-OH is 2. The summed E-state index contributed by atoms with van der Waals surface area (Å²) in [6.07, 6.45) is -1.67. The van der Waals surface area contributed by atoms with Crippen LogP contribution in [0.4, 0.5) is 0 Å². The van der Waals surface area contributed by atoms with Crippen LogP contribution in [-0.4, -0.2) is 48.8 Å². The summed E-state index contributed by atoms with van der Waals surface area (Å²) in [5.41, 5.74) is 1.56. The number of hydrogen-bond donors (Lipinski definition) is 2. The highest BCUT2D eigenvalue weighted by molar-refractivity contribution is 9.13. The van der Waals surface area contributed by atoms with Crippen LogP contribution in [0, 0.1) is 0 Å². The van der Waals surface area contributed by atoms with E-state index in [1.807, 2.05) is 60.7 Å². The maximum Gasteiger partial charge on any atom is 0.134 e. The van der Waals surface area contributed by atoms with Gasteiger partial charge < -0.3 is 29.2 Å². The van der Waals surface area contributed by atoms with Crippen molar-refractivity contribution in [3.8, 4) is 23.0 Å². The third-order valence-corrected chi connectivity index (χ3v) is 13.2. The molecule has 4 rings (SSSR count). The summed E-state index contributed by atoms with van der Waals surface area (Å²) in [7, 11) is 0. The summed E-state index contributed by atoms with van der Waals surface area (Å²) in [5.74, 6) is 2.45. The Kier molecular flexibility index (Phi) is 15.1. The standard InChI is InChI=1S/C33H28Br8O6/c1-33(2,21-9-29(40)31(11-25(21)36)46-15-17(42)13-44-19-3-5-23(34)27(38)7-19)22-10-30(41)32(12-26(22)37)47-16-18(43)14-45-20-4-6-24(35)28(39)8-20/h3-12,17-18,42-43H,13-16H2,1-2H3. The first-order chi connectivity index (χ1) is 22.1. The van der Waals surface area contributed by atoms with Crippen molar-refractivity contribution < 1.29 is 29.2 Å². The highest BCUT2D eigenvalue weighted by Gasteiger charge is 2.30. The molecule has 4 aromatic rings. The van der Waals surface area contributed by atoms with Gasteiger partial charge in [0.05, 0.1) is 8.95 Å². The van der Waals surface area contributed by atoms with E-state index in [-0.39, 0.29) is 26.4 Å². The van der Waals surface area contributed by atoms with Gasteiger partial charge >= 0.3 is 0 Å². The minimum atomic E-state index is -0.837. The van der Waals surface area contributed by atoms with Crippen LogP contribution in [-0.2, 0) is 5.41 Å². The topological polar surface area (TPSA) is 77.4 Å². The van der Waals surface area contributed by atoms with E-state index in [4.69, 9.17) is 18.9 Å². The maximum absolute atomic E-state index is 10.5. The third-order valence-electron chi connectivity index (χ3n) is 6.92. The van der Waals surface area contributed by atoms with Gasteiger partial charge in [0.15, 0.2) is 0 Å². The SMILES string of the molecule is CC(C)(c1cc(Br)c(OCC(O)COc2ccc(Br)c(Br)c2)cc1Br)c1cc(Br)c(OCC(O)COc2ccc(Br)c(Br)c2)cc1Br. The van der Waals surface area contributed by atoms with E-state index < -0.39 is 17.6 Å². The lowest BCUT2D eigenvalue weighted by Crippen LogP contribution is -2.25.